The van der Waals surface area contributed by atoms with Crippen molar-refractivity contribution in [2.24, 2.45) is 4.99 Å². The van der Waals surface area contributed by atoms with Crippen molar-refractivity contribution in [3.63, 3.8) is 0 Å². The first-order valence-corrected chi connectivity index (χ1v) is 10.3. The van der Waals surface area contributed by atoms with Gasteiger partial charge in [-0.1, -0.05) is 36.4 Å². The Balaban J connectivity index is 1.58. The first kappa shape index (κ1) is 22.7. The number of hydrogen-bond acceptors (Lipinski definition) is 2. The molecule has 1 amide bonds. The lowest BCUT2D eigenvalue weighted by atomic mass is 10.1. The molecule has 0 aromatic heterocycles. The normalized spacial score (nSPS) is 15.8. The van der Waals surface area contributed by atoms with Gasteiger partial charge in [0.15, 0.2) is 5.96 Å². The van der Waals surface area contributed by atoms with Gasteiger partial charge in [0.25, 0.3) is 0 Å². The van der Waals surface area contributed by atoms with E-state index in [-0.39, 0.29) is 11.9 Å². The molecule has 31 heavy (non-hydrogen) atoms. The summed E-state index contributed by atoms with van der Waals surface area (Å²) in [5.74, 6) is 0.682. The van der Waals surface area contributed by atoms with Gasteiger partial charge in [-0.15, -0.1) is 0 Å². The number of guanidine groups is 1. The maximum absolute atomic E-state index is 13.0. The monoisotopic (exact) mass is 432 g/mol. The zero-order valence-corrected chi connectivity index (χ0v) is 17.7. The molecule has 1 saturated heterocycles. The molecular formula is C23H27F3N4O. The van der Waals surface area contributed by atoms with E-state index in [4.69, 9.17) is 0 Å². The highest BCUT2D eigenvalue weighted by Crippen LogP contribution is 2.30. The molecule has 0 bridgehead atoms. The van der Waals surface area contributed by atoms with Gasteiger partial charge in [-0.05, 0) is 42.2 Å². The lowest BCUT2D eigenvalue weighted by Crippen LogP contribution is -2.38. The summed E-state index contributed by atoms with van der Waals surface area (Å²) in [5.41, 5.74) is 1.94. The van der Waals surface area contributed by atoms with Gasteiger partial charge in [-0.25, -0.2) is 0 Å². The highest BCUT2D eigenvalue weighted by Gasteiger charge is 2.30. The summed E-state index contributed by atoms with van der Waals surface area (Å²) in [6, 6.07) is 12.9. The van der Waals surface area contributed by atoms with Crippen molar-refractivity contribution in [1.29, 1.82) is 0 Å². The molecule has 1 aliphatic rings. The van der Waals surface area contributed by atoms with Crippen molar-refractivity contribution in [2.75, 3.05) is 13.6 Å². The second-order valence-corrected chi connectivity index (χ2v) is 7.65. The van der Waals surface area contributed by atoms with Gasteiger partial charge in [-0.3, -0.25) is 9.79 Å². The summed E-state index contributed by atoms with van der Waals surface area (Å²) in [7, 11) is 1.61. The number of carbonyl (C=O) groups is 1. The van der Waals surface area contributed by atoms with Crippen molar-refractivity contribution < 1.29 is 18.0 Å². The fourth-order valence-corrected chi connectivity index (χ4v) is 3.58. The molecule has 0 radical (unpaired) electrons. The molecule has 2 aromatic carbocycles. The van der Waals surface area contributed by atoms with Gasteiger partial charge < -0.3 is 15.5 Å². The average molecular weight is 432 g/mol. The van der Waals surface area contributed by atoms with Crippen molar-refractivity contribution in [2.45, 2.75) is 45.1 Å². The quantitative estimate of drug-likeness (QED) is 0.530. The van der Waals surface area contributed by atoms with Crippen molar-refractivity contribution in [3.8, 4) is 0 Å². The van der Waals surface area contributed by atoms with E-state index < -0.39 is 11.7 Å². The number of rotatable bonds is 6. The number of alkyl halides is 3. The minimum atomic E-state index is -4.37. The highest BCUT2D eigenvalue weighted by atomic mass is 19.4. The van der Waals surface area contributed by atoms with Crippen molar-refractivity contribution in [1.82, 2.24) is 15.5 Å². The molecule has 5 nitrogen and oxygen atoms in total. The van der Waals surface area contributed by atoms with Crippen LogP contribution in [0.5, 0.6) is 0 Å². The maximum Gasteiger partial charge on any atom is 0.416 e. The number of benzene rings is 2. The Hall–Kier alpha value is -3.03. The maximum atomic E-state index is 13.0. The number of nitrogens with one attached hydrogen (secondary N) is 2. The summed E-state index contributed by atoms with van der Waals surface area (Å²) < 4.78 is 38.9. The molecule has 1 aliphatic heterocycles. The third kappa shape index (κ3) is 6.23. The van der Waals surface area contributed by atoms with Crippen LogP contribution in [0.25, 0.3) is 0 Å². The Morgan fingerprint density at radius 2 is 1.90 bits per heavy atom. The minimum absolute atomic E-state index is 0.191. The third-order valence-electron chi connectivity index (χ3n) is 5.29. The van der Waals surface area contributed by atoms with Crippen LogP contribution < -0.4 is 10.6 Å². The van der Waals surface area contributed by atoms with Gasteiger partial charge in [0.2, 0.25) is 5.91 Å². The molecule has 1 atom stereocenters. The van der Waals surface area contributed by atoms with Crippen molar-refractivity contribution in [3.05, 3.63) is 70.8 Å². The number of likely N-dealkylation sites (tertiary alicyclic amines) is 1. The van der Waals surface area contributed by atoms with Gasteiger partial charge in [0.05, 0.1) is 11.6 Å². The lowest BCUT2D eigenvalue weighted by Gasteiger charge is -2.20. The van der Waals surface area contributed by atoms with E-state index in [2.05, 4.69) is 15.6 Å². The Morgan fingerprint density at radius 1 is 1.16 bits per heavy atom. The van der Waals surface area contributed by atoms with Gasteiger partial charge >= 0.3 is 6.18 Å². The third-order valence-corrected chi connectivity index (χ3v) is 5.29. The number of aliphatic imine (C=N–C) groups is 1. The topological polar surface area (TPSA) is 56.7 Å². The van der Waals surface area contributed by atoms with Crippen LogP contribution in [0, 0.1) is 0 Å². The summed E-state index contributed by atoms with van der Waals surface area (Å²) in [6.45, 7) is 3.68. The predicted molar refractivity (Wildman–Crippen MR) is 114 cm³/mol. The van der Waals surface area contributed by atoms with Crippen LogP contribution in [0.3, 0.4) is 0 Å². The Morgan fingerprint density at radius 3 is 2.58 bits per heavy atom. The first-order valence-electron chi connectivity index (χ1n) is 10.3. The number of halogens is 3. The number of hydrogen-bond donors (Lipinski definition) is 2. The summed E-state index contributed by atoms with van der Waals surface area (Å²) in [4.78, 5) is 17.9. The molecule has 1 heterocycles. The van der Waals surface area contributed by atoms with Crippen LogP contribution >= 0.6 is 0 Å². The van der Waals surface area contributed by atoms with Gasteiger partial charge in [0.1, 0.15) is 0 Å². The van der Waals surface area contributed by atoms with E-state index in [1.165, 1.54) is 6.07 Å². The highest BCUT2D eigenvalue weighted by molar-refractivity contribution is 5.80. The SMILES string of the molecule is CN=C(NCc1cccc(CN2CCCC2=O)c1)NC(C)c1cccc(C(F)(F)F)c1. The predicted octanol–water partition coefficient (Wildman–Crippen LogP) is 4.25. The molecule has 0 saturated carbocycles. The second kappa shape index (κ2) is 9.85. The van der Waals surface area contributed by atoms with Crippen LogP contribution in [0.2, 0.25) is 0 Å². The summed E-state index contributed by atoms with van der Waals surface area (Å²) >= 11 is 0. The fourth-order valence-electron chi connectivity index (χ4n) is 3.58. The molecule has 166 valence electrons. The van der Waals surface area contributed by atoms with Crippen LogP contribution in [-0.2, 0) is 24.1 Å². The molecule has 0 spiro atoms. The zero-order chi connectivity index (χ0) is 22.4. The molecule has 1 fully saturated rings. The molecule has 3 rings (SSSR count). The number of amides is 1. The molecule has 2 N–H and O–H groups in total. The first-order chi connectivity index (χ1) is 14.8. The van der Waals surface area contributed by atoms with E-state index in [0.29, 0.717) is 31.0 Å². The largest absolute Gasteiger partial charge is 0.416 e. The van der Waals surface area contributed by atoms with Crippen LogP contribution in [0.1, 0.15) is 48.1 Å². The smallest absolute Gasteiger partial charge is 0.352 e. The zero-order valence-electron chi connectivity index (χ0n) is 17.7. The Bertz CT molecular complexity index is 942. The van der Waals surface area contributed by atoms with Crippen LogP contribution in [0.4, 0.5) is 13.2 Å². The molecular weight excluding hydrogens is 405 g/mol. The summed E-state index contributed by atoms with van der Waals surface area (Å²) in [5, 5.41) is 6.33. The van der Waals surface area contributed by atoms with E-state index in [0.717, 1.165) is 36.2 Å². The molecule has 1 unspecified atom stereocenters. The van der Waals surface area contributed by atoms with Crippen molar-refractivity contribution >= 4 is 11.9 Å². The van der Waals surface area contributed by atoms with Gasteiger partial charge in [0, 0.05) is 33.1 Å². The molecule has 0 aliphatic carbocycles. The minimum Gasteiger partial charge on any atom is -0.352 e. The number of nitrogens with zero attached hydrogens (tertiary/aromatic N) is 2. The second-order valence-electron chi connectivity index (χ2n) is 7.65. The van der Waals surface area contributed by atoms with Crippen LogP contribution in [0.15, 0.2) is 53.5 Å². The summed E-state index contributed by atoms with van der Waals surface area (Å²) in [6.07, 6.45) is -2.85. The van der Waals surface area contributed by atoms with E-state index >= 15 is 0 Å². The lowest BCUT2D eigenvalue weighted by molar-refractivity contribution is -0.137. The van der Waals surface area contributed by atoms with Gasteiger partial charge in [-0.2, -0.15) is 13.2 Å². The van der Waals surface area contributed by atoms with Crippen LogP contribution in [-0.4, -0.2) is 30.4 Å². The van der Waals surface area contributed by atoms with E-state index in [1.807, 2.05) is 29.2 Å². The standard InChI is InChI=1S/C23H27F3N4O/c1-16(19-8-4-9-20(13-19)23(24,25)26)29-22(27-2)28-14-17-6-3-7-18(12-17)15-30-11-5-10-21(30)31/h3-4,6-9,12-13,16H,5,10-11,14-15H2,1-2H3,(H2,27,28,29). The average Bonchev–Trinajstić information content (AvgIpc) is 3.15. The number of carbonyl (C=O) groups excluding carboxylic acids is 1. The van der Waals surface area contributed by atoms with E-state index in [9.17, 15) is 18.0 Å². The Kier molecular flexibility index (Phi) is 7.20. The molecule has 2 aromatic rings. The molecule has 8 heteroatoms. The Labute approximate surface area is 180 Å². The van der Waals surface area contributed by atoms with E-state index in [1.54, 1.807) is 20.0 Å². The fraction of sp³-hybridized carbons (Fsp3) is 0.391.